The van der Waals surface area contributed by atoms with E-state index < -0.39 is 0 Å². The Morgan fingerprint density at radius 2 is 1.52 bits per heavy atom. The smallest absolute Gasteiger partial charge is 0.119 e. The van der Waals surface area contributed by atoms with E-state index in [1.54, 1.807) is 14.2 Å². The van der Waals surface area contributed by atoms with Crippen molar-refractivity contribution in [1.82, 2.24) is 0 Å². The van der Waals surface area contributed by atoms with Crippen LogP contribution in [0.5, 0.6) is 11.5 Å². The molecular weight excluding hydrogens is 262 g/mol. The summed E-state index contributed by atoms with van der Waals surface area (Å²) in [5.41, 5.74) is 4.70. The molecule has 1 unspecified atom stereocenters. The molecule has 1 saturated carbocycles. The van der Waals surface area contributed by atoms with Gasteiger partial charge in [0.05, 0.1) is 26.2 Å². The standard InChI is InChI=1S/C18H15NO2/c1-20-12-3-5-14-15-6-4-13(21-2)8-17(15)18(16(14)7-12)9-11(18)10-19/h3-8,11H,9H2,1-2H3. The summed E-state index contributed by atoms with van der Waals surface area (Å²) in [6.45, 7) is 0. The predicted octanol–water partition coefficient (Wildman–Crippen LogP) is 3.51. The zero-order valence-corrected chi connectivity index (χ0v) is 12.0. The molecule has 0 amide bonds. The van der Waals surface area contributed by atoms with Crippen LogP contribution in [-0.4, -0.2) is 14.2 Å². The van der Waals surface area contributed by atoms with E-state index in [-0.39, 0.29) is 11.3 Å². The van der Waals surface area contributed by atoms with Gasteiger partial charge in [-0.25, -0.2) is 0 Å². The van der Waals surface area contributed by atoms with Gasteiger partial charge in [0.2, 0.25) is 0 Å². The van der Waals surface area contributed by atoms with Crippen molar-refractivity contribution in [3.05, 3.63) is 47.5 Å². The summed E-state index contributed by atoms with van der Waals surface area (Å²) in [5.74, 6) is 1.73. The summed E-state index contributed by atoms with van der Waals surface area (Å²) < 4.78 is 10.7. The van der Waals surface area contributed by atoms with Crippen molar-refractivity contribution in [2.75, 3.05) is 14.2 Å². The molecule has 0 heterocycles. The highest BCUT2D eigenvalue weighted by atomic mass is 16.5. The van der Waals surface area contributed by atoms with Crippen LogP contribution < -0.4 is 9.47 Å². The number of nitriles is 1. The molecule has 3 heteroatoms. The Kier molecular flexibility index (Phi) is 2.35. The molecule has 0 bridgehead atoms. The number of hydrogen-bond acceptors (Lipinski definition) is 3. The summed E-state index contributed by atoms with van der Waals surface area (Å²) in [6.07, 6.45) is 0.879. The van der Waals surface area contributed by atoms with Gasteiger partial charge in [0, 0.05) is 5.41 Å². The van der Waals surface area contributed by atoms with E-state index in [2.05, 4.69) is 30.3 Å². The number of ether oxygens (including phenoxy) is 2. The van der Waals surface area contributed by atoms with Crippen molar-refractivity contribution in [2.24, 2.45) is 5.92 Å². The van der Waals surface area contributed by atoms with Gasteiger partial charge < -0.3 is 9.47 Å². The lowest BCUT2D eigenvalue weighted by Gasteiger charge is -2.13. The number of fused-ring (bicyclic) bond motifs is 5. The Bertz CT molecular complexity index is 735. The molecule has 2 aliphatic rings. The fourth-order valence-corrected chi connectivity index (χ4v) is 3.67. The van der Waals surface area contributed by atoms with Gasteiger partial charge >= 0.3 is 0 Å². The third-order valence-electron chi connectivity index (χ3n) is 4.82. The van der Waals surface area contributed by atoms with Crippen molar-refractivity contribution < 1.29 is 9.47 Å². The van der Waals surface area contributed by atoms with Crippen LogP contribution in [0.2, 0.25) is 0 Å². The molecule has 2 aromatic rings. The molecular formula is C18H15NO2. The first kappa shape index (κ1) is 12.3. The molecule has 0 N–H and O–H groups in total. The quantitative estimate of drug-likeness (QED) is 0.843. The zero-order chi connectivity index (χ0) is 14.6. The molecule has 1 fully saturated rings. The Labute approximate surface area is 123 Å². The maximum atomic E-state index is 9.42. The van der Waals surface area contributed by atoms with E-state index in [1.807, 2.05) is 12.1 Å². The SMILES string of the molecule is COc1ccc2c(c1)C1(CC1C#N)c1cc(OC)ccc1-2. The fraction of sp³-hybridized carbons (Fsp3) is 0.278. The van der Waals surface area contributed by atoms with Crippen LogP contribution in [0, 0.1) is 17.2 Å². The normalized spacial score (nSPS) is 19.6. The van der Waals surface area contributed by atoms with E-state index in [0.717, 1.165) is 17.9 Å². The first-order valence-electron chi connectivity index (χ1n) is 7.01. The summed E-state index contributed by atoms with van der Waals surface area (Å²) in [5, 5.41) is 9.42. The molecule has 0 radical (unpaired) electrons. The summed E-state index contributed by atoms with van der Waals surface area (Å²) in [4.78, 5) is 0. The predicted molar refractivity (Wildman–Crippen MR) is 79.5 cm³/mol. The van der Waals surface area contributed by atoms with Gasteiger partial charge in [0.1, 0.15) is 11.5 Å². The van der Waals surface area contributed by atoms with Crippen LogP contribution in [0.15, 0.2) is 36.4 Å². The van der Waals surface area contributed by atoms with Crippen molar-refractivity contribution >= 4 is 0 Å². The van der Waals surface area contributed by atoms with Gasteiger partial charge in [-0.15, -0.1) is 0 Å². The lowest BCUT2D eigenvalue weighted by atomic mass is 9.91. The number of methoxy groups -OCH3 is 2. The van der Waals surface area contributed by atoms with Crippen molar-refractivity contribution in [3.8, 4) is 28.7 Å². The van der Waals surface area contributed by atoms with Crippen molar-refractivity contribution in [1.29, 1.82) is 5.26 Å². The van der Waals surface area contributed by atoms with E-state index in [1.165, 1.54) is 22.3 Å². The largest absolute Gasteiger partial charge is 0.497 e. The molecule has 0 aliphatic heterocycles. The highest BCUT2D eigenvalue weighted by Crippen LogP contribution is 2.66. The monoisotopic (exact) mass is 277 g/mol. The van der Waals surface area contributed by atoms with Crippen LogP contribution in [0.4, 0.5) is 0 Å². The second kappa shape index (κ2) is 4.02. The van der Waals surface area contributed by atoms with Gasteiger partial charge in [-0.1, -0.05) is 12.1 Å². The van der Waals surface area contributed by atoms with Gasteiger partial charge in [0.15, 0.2) is 0 Å². The Hall–Kier alpha value is -2.47. The number of nitrogens with zero attached hydrogens (tertiary/aromatic N) is 1. The number of hydrogen-bond donors (Lipinski definition) is 0. The third kappa shape index (κ3) is 1.42. The van der Waals surface area contributed by atoms with Crippen molar-refractivity contribution in [2.45, 2.75) is 11.8 Å². The lowest BCUT2D eigenvalue weighted by molar-refractivity contribution is 0.413. The van der Waals surface area contributed by atoms with E-state index in [9.17, 15) is 5.26 Å². The van der Waals surface area contributed by atoms with Crippen LogP contribution in [0.3, 0.4) is 0 Å². The molecule has 104 valence electrons. The summed E-state index contributed by atoms with van der Waals surface area (Å²) in [7, 11) is 3.35. The average molecular weight is 277 g/mol. The van der Waals surface area contributed by atoms with Crippen LogP contribution >= 0.6 is 0 Å². The van der Waals surface area contributed by atoms with Gasteiger partial charge in [0.25, 0.3) is 0 Å². The van der Waals surface area contributed by atoms with E-state index >= 15 is 0 Å². The molecule has 3 nitrogen and oxygen atoms in total. The summed E-state index contributed by atoms with van der Waals surface area (Å²) in [6, 6.07) is 14.8. The highest BCUT2D eigenvalue weighted by Gasteiger charge is 2.61. The first-order valence-corrected chi connectivity index (χ1v) is 7.01. The average Bonchev–Trinajstić information content (AvgIpc) is 3.22. The molecule has 2 aromatic carbocycles. The zero-order valence-electron chi connectivity index (χ0n) is 12.0. The fourth-order valence-electron chi connectivity index (χ4n) is 3.67. The van der Waals surface area contributed by atoms with Crippen LogP contribution in [0.25, 0.3) is 11.1 Å². The molecule has 4 rings (SSSR count). The second-order valence-electron chi connectivity index (χ2n) is 5.68. The third-order valence-corrected chi connectivity index (χ3v) is 4.82. The van der Waals surface area contributed by atoms with Gasteiger partial charge in [-0.2, -0.15) is 5.26 Å². The topological polar surface area (TPSA) is 42.2 Å². The number of rotatable bonds is 2. The molecule has 0 aromatic heterocycles. The van der Waals surface area contributed by atoms with Crippen LogP contribution in [-0.2, 0) is 5.41 Å². The van der Waals surface area contributed by atoms with Crippen molar-refractivity contribution in [3.63, 3.8) is 0 Å². The minimum atomic E-state index is -0.164. The second-order valence-corrected chi connectivity index (χ2v) is 5.68. The number of benzene rings is 2. The molecule has 21 heavy (non-hydrogen) atoms. The molecule has 0 saturated heterocycles. The van der Waals surface area contributed by atoms with Gasteiger partial charge in [-0.3, -0.25) is 0 Å². The van der Waals surface area contributed by atoms with Crippen LogP contribution in [0.1, 0.15) is 17.5 Å². The Balaban J connectivity index is 1.99. The molecule has 1 atom stereocenters. The molecule has 2 aliphatic carbocycles. The maximum Gasteiger partial charge on any atom is 0.119 e. The van der Waals surface area contributed by atoms with Gasteiger partial charge in [-0.05, 0) is 52.9 Å². The highest BCUT2D eigenvalue weighted by molar-refractivity contribution is 5.84. The minimum Gasteiger partial charge on any atom is -0.497 e. The van der Waals surface area contributed by atoms with E-state index in [4.69, 9.17) is 9.47 Å². The lowest BCUT2D eigenvalue weighted by Crippen LogP contribution is -2.08. The maximum absolute atomic E-state index is 9.42. The molecule has 1 spiro atoms. The minimum absolute atomic E-state index is 0.0386. The van der Waals surface area contributed by atoms with E-state index in [0.29, 0.717) is 0 Å². The Morgan fingerprint density at radius 3 is 1.90 bits per heavy atom. The Morgan fingerprint density at radius 1 is 1.00 bits per heavy atom. The summed E-state index contributed by atoms with van der Waals surface area (Å²) >= 11 is 0. The first-order chi connectivity index (χ1) is 10.2.